The summed E-state index contributed by atoms with van der Waals surface area (Å²) in [4.78, 5) is 28.7. The average molecular weight is 566 g/mol. The number of benzene rings is 3. The van der Waals surface area contributed by atoms with Crippen molar-refractivity contribution in [3.05, 3.63) is 89.5 Å². The molecule has 0 unspecified atom stereocenters. The average Bonchev–Trinajstić information content (AvgIpc) is 2.89. The molecule has 1 N–H and O–H groups in total. The van der Waals surface area contributed by atoms with Gasteiger partial charge in [-0.3, -0.25) is 13.9 Å². The van der Waals surface area contributed by atoms with E-state index in [4.69, 9.17) is 4.74 Å². The molecule has 0 radical (unpaired) electrons. The first-order valence-electron chi connectivity index (χ1n) is 13.1. The third-order valence-electron chi connectivity index (χ3n) is 6.36. The summed E-state index contributed by atoms with van der Waals surface area (Å²) >= 11 is 0. The van der Waals surface area contributed by atoms with Crippen molar-refractivity contribution < 1.29 is 22.7 Å². The Balaban J connectivity index is 2.04. The second kappa shape index (κ2) is 12.6. The lowest BCUT2D eigenvalue weighted by atomic mass is 10.1. The minimum absolute atomic E-state index is 0.0735. The predicted molar refractivity (Wildman–Crippen MR) is 158 cm³/mol. The Hall–Kier alpha value is -3.85. The highest BCUT2D eigenvalue weighted by molar-refractivity contribution is 7.92. The smallest absolute Gasteiger partial charge is 0.264 e. The van der Waals surface area contributed by atoms with E-state index < -0.39 is 34.1 Å². The van der Waals surface area contributed by atoms with E-state index in [2.05, 4.69) is 5.32 Å². The Morgan fingerprint density at radius 3 is 2.05 bits per heavy atom. The third-order valence-corrected chi connectivity index (χ3v) is 8.15. The van der Waals surface area contributed by atoms with Crippen LogP contribution in [-0.4, -0.2) is 50.4 Å². The predicted octanol–water partition coefficient (Wildman–Crippen LogP) is 4.84. The Labute approximate surface area is 238 Å². The van der Waals surface area contributed by atoms with E-state index in [1.807, 2.05) is 40.7 Å². The molecule has 0 aromatic heterocycles. The molecule has 0 fully saturated rings. The molecular formula is C31H39N3O5S. The summed E-state index contributed by atoms with van der Waals surface area (Å²) in [6.07, 6.45) is 0. The van der Waals surface area contributed by atoms with Crippen LogP contribution in [0.15, 0.2) is 77.7 Å². The van der Waals surface area contributed by atoms with Crippen LogP contribution < -0.4 is 14.4 Å². The van der Waals surface area contributed by atoms with Crippen LogP contribution in [0.4, 0.5) is 5.69 Å². The first kappa shape index (κ1) is 30.7. The summed E-state index contributed by atoms with van der Waals surface area (Å²) in [5.41, 5.74) is 2.45. The molecule has 9 heteroatoms. The van der Waals surface area contributed by atoms with Gasteiger partial charge in [0.05, 0.1) is 17.7 Å². The number of nitrogens with zero attached hydrogens (tertiary/aromatic N) is 2. The first-order chi connectivity index (χ1) is 18.7. The molecule has 0 spiro atoms. The van der Waals surface area contributed by atoms with E-state index in [0.29, 0.717) is 11.4 Å². The molecule has 0 saturated carbocycles. The van der Waals surface area contributed by atoms with Gasteiger partial charge in [-0.2, -0.15) is 0 Å². The van der Waals surface area contributed by atoms with Crippen LogP contribution in [0.25, 0.3) is 0 Å². The quantitative estimate of drug-likeness (QED) is 0.380. The van der Waals surface area contributed by atoms with Crippen LogP contribution in [0, 0.1) is 13.8 Å². The molecule has 0 aliphatic carbocycles. The zero-order valence-electron chi connectivity index (χ0n) is 24.3. The third kappa shape index (κ3) is 7.85. The molecule has 0 saturated heterocycles. The minimum atomic E-state index is -4.11. The Bertz CT molecular complexity index is 1430. The van der Waals surface area contributed by atoms with Crippen LogP contribution in [0.1, 0.15) is 44.4 Å². The standard InChI is InChI=1S/C31H39N3O5S/c1-22-11-15-26(16-12-22)34(40(37,38)28-17-13-23(2)14-18-28)21-29(35)33(24(3)30(36)32-31(4,5)6)20-25-9-8-10-27(19-25)39-7/h8-19,24H,20-21H2,1-7H3,(H,32,36)/t24-/m1/s1. The van der Waals surface area contributed by atoms with Gasteiger partial charge in [0.15, 0.2) is 0 Å². The number of amides is 2. The molecule has 0 bridgehead atoms. The number of hydrogen-bond donors (Lipinski definition) is 1. The van der Waals surface area contributed by atoms with E-state index in [1.165, 1.54) is 17.0 Å². The SMILES string of the molecule is COc1cccc(CN(C(=O)CN(c2ccc(C)cc2)S(=O)(=O)c2ccc(C)cc2)[C@H](C)C(=O)NC(C)(C)C)c1. The van der Waals surface area contributed by atoms with Crippen LogP contribution in [-0.2, 0) is 26.2 Å². The molecule has 1 atom stereocenters. The van der Waals surface area contributed by atoms with Gasteiger partial charge in [-0.15, -0.1) is 0 Å². The van der Waals surface area contributed by atoms with E-state index >= 15 is 0 Å². The van der Waals surface area contributed by atoms with Gasteiger partial charge >= 0.3 is 0 Å². The summed E-state index contributed by atoms with van der Waals surface area (Å²) in [7, 11) is -2.55. The fourth-order valence-electron chi connectivity index (χ4n) is 4.10. The first-order valence-corrected chi connectivity index (χ1v) is 14.6. The van der Waals surface area contributed by atoms with Crippen molar-refractivity contribution in [1.29, 1.82) is 0 Å². The number of rotatable bonds is 10. The number of carbonyl (C=O) groups is 2. The Morgan fingerprint density at radius 2 is 1.50 bits per heavy atom. The molecule has 3 aromatic carbocycles. The number of ether oxygens (including phenoxy) is 1. The number of hydrogen-bond acceptors (Lipinski definition) is 5. The van der Waals surface area contributed by atoms with Crippen LogP contribution in [0.2, 0.25) is 0 Å². The summed E-state index contributed by atoms with van der Waals surface area (Å²) < 4.78 is 34.2. The molecule has 3 rings (SSSR count). The second-order valence-corrected chi connectivity index (χ2v) is 12.8. The van der Waals surface area contributed by atoms with Crippen molar-refractivity contribution in [2.24, 2.45) is 0 Å². The Morgan fingerprint density at radius 1 is 0.925 bits per heavy atom. The van der Waals surface area contributed by atoms with Gasteiger partial charge < -0.3 is 15.0 Å². The van der Waals surface area contributed by atoms with Crippen molar-refractivity contribution in [2.45, 2.75) is 64.6 Å². The van der Waals surface area contributed by atoms with Crippen LogP contribution in [0.5, 0.6) is 5.75 Å². The van der Waals surface area contributed by atoms with Gasteiger partial charge in [0.25, 0.3) is 10.0 Å². The molecular weight excluding hydrogens is 526 g/mol. The maximum Gasteiger partial charge on any atom is 0.264 e. The molecule has 2 amide bonds. The monoisotopic (exact) mass is 565 g/mol. The van der Waals surface area contributed by atoms with Gasteiger partial charge in [-0.1, -0.05) is 47.5 Å². The molecule has 0 heterocycles. The lowest BCUT2D eigenvalue weighted by molar-refractivity contribution is -0.140. The minimum Gasteiger partial charge on any atom is -0.497 e. The fourth-order valence-corrected chi connectivity index (χ4v) is 5.52. The summed E-state index contributed by atoms with van der Waals surface area (Å²) in [5, 5.41) is 2.93. The maximum absolute atomic E-state index is 14.0. The van der Waals surface area contributed by atoms with Crippen molar-refractivity contribution in [2.75, 3.05) is 18.0 Å². The highest BCUT2D eigenvalue weighted by atomic mass is 32.2. The van der Waals surface area contributed by atoms with E-state index in [9.17, 15) is 18.0 Å². The van der Waals surface area contributed by atoms with Gasteiger partial charge in [0.2, 0.25) is 11.8 Å². The van der Waals surface area contributed by atoms with Gasteiger partial charge in [0.1, 0.15) is 18.3 Å². The van der Waals surface area contributed by atoms with Crippen molar-refractivity contribution in [3.63, 3.8) is 0 Å². The molecule has 8 nitrogen and oxygen atoms in total. The summed E-state index contributed by atoms with van der Waals surface area (Å²) in [5.74, 6) is -0.248. The zero-order chi connectivity index (χ0) is 29.7. The number of sulfonamides is 1. The van der Waals surface area contributed by atoms with Crippen LogP contribution >= 0.6 is 0 Å². The van der Waals surface area contributed by atoms with Gasteiger partial charge in [0, 0.05) is 12.1 Å². The van der Waals surface area contributed by atoms with Crippen molar-refractivity contribution >= 4 is 27.5 Å². The normalized spacial score (nSPS) is 12.4. The molecule has 3 aromatic rings. The molecule has 0 aliphatic heterocycles. The second-order valence-electron chi connectivity index (χ2n) is 10.9. The largest absolute Gasteiger partial charge is 0.497 e. The lowest BCUT2D eigenvalue weighted by Gasteiger charge is -2.33. The van der Waals surface area contributed by atoms with E-state index in [0.717, 1.165) is 21.0 Å². The maximum atomic E-state index is 14.0. The molecule has 214 valence electrons. The fraction of sp³-hybridized carbons (Fsp3) is 0.355. The van der Waals surface area contributed by atoms with Gasteiger partial charge in [-0.05, 0) is 83.5 Å². The van der Waals surface area contributed by atoms with Gasteiger partial charge in [-0.25, -0.2) is 8.42 Å². The van der Waals surface area contributed by atoms with Crippen LogP contribution in [0.3, 0.4) is 0 Å². The Kier molecular flexibility index (Phi) is 9.63. The van der Waals surface area contributed by atoms with Crippen molar-refractivity contribution in [3.8, 4) is 5.75 Å². The molecule has 40 heavy (non-hydrogen) atoms. The summed E-state index contributed by atoms with van der Waals surface area (Å²) in [6, 6.07) is 19.8. The zero-order valence-corrected chi connectivity index (χ0v) is 25.1. The van der Waals surface area contributed by atoms with E-state index in [-0.39, 0.29) is 17.3 Å². The molecule has 0 aliphatic rings. The highest BCUT2D eigenvalue weighted by Gasteiger charge is 2.33. The number of methoxy groups -OCH3 is 1. The van der Waals surface area contributed by atoms with E-state index in [1.54, 1.807) is 68.6 Å². The summed E-state index contributed by atoms with van der Waals surface area (Å²) in [6.45, 7) is 10.6. The number of nitrogens with one attached hydrogen (secondary N) is 1. The topological polar surface area (TPSA) is 96.0 Å². The number of aryl methyl sites for hydroxylation is 2. The highest BCUT2D eigenvalue weighted by Crippen LogP contribution is 2.25. The van der Waals surface area contributed by atoms with Crippen molar-refractivity contribution in [1.82, 2.24) is 10.2 Å². The number of carbonyl (C=O) groups excluding carboxylic acids is 2. The number of anilines is 1. The lowest BCUT2D eigenvalue weighted by Crippen LogP contribution is -2.54.